The molecule has 1 saturated carbocycles. The van der Waals surface area contributed by atoms with Crippen LogP contribution in [0.25, 0.3) is 0 Å². The quantitative estimate of drug-likeness (QED) is 0.607. The maximum Gasteiger partial charge on any atom is 0.203 e. The van der Waals surface area contributed by atoms with Crippen molar-refractivity contribution in [3.8, 4) is 0 Å². The van der Waals surface area contributed by atoms with Gasteiger partial charge in [-0.2, -0.15) is 0 Å². The van der Waals surface area contributed by atoms with Crippen molar-refractivity contribution < 1.29 is 4.74 Å². The fraction of sp³-hybridized carbons (Fsp3) is 0.667. The summed E-state index contributed by atoms with van der Waals surface area (Å²) in [5, 5.41) is 3.34. The highest BCUT2D eigenvalue weighted by atomic mass is 16.5. The Morgan fingerprint density at radius 2 is 2.26 bits per heavy atom. The predicted molar refractivity (Wildman–Crippen MR) is 78.5 cm³/mol. The number of imidazole rings is 1. The van der Waals surface area contributed by atoms with Crippen LogP contribution in [0.15, 0.2) is 18.9 Å². The van der Waals surface area contributed by atoms with Crippen LogP contribution in [0.3, 0.4) is 0 Å². The van der Waals surface area contributed by atoms with Crippen molar-refractivity contribution in [3.63, 3.8) is 0 Å². The number of allylic oxidation sites excluding steroid dienone is 1. The molecule has 0 unspecified atom stereocenters. The molecule has 0 bridgehead atoms. The molecule has 1 aromatic heterocycles. The number of nitrogens with zero attached hydrogens (tertiary/aromatic N) is 2. The lowest BCUT2D eigenvalue weighted by molar-refractivity contribution is 0.0347. The lowest BCUT2D eigenvalue weighted by Crippen LogP contribution is -2.21. The summed E-state index contributed by atoms with van der Waals surface area (Å²) in [4.78, 5) is 4.46. The van der Waals surface area contributed by atoms with Gasteiger partial charge in [-0.15, -0.1) is 6.58 Å². The van der Waals surface area contributed by atoms with Gasteiger partial charge in [0.1, 0.15) is 0 Å². The molecule has 4 heteroatoms. The highest BCUT2D eigenvalue weighted by molar-refractivity contribution is 5.29. The molecule has 0 atom stereocenters. The van der Waals surface area contributed by atoms with Crippen molar-refractivity contribution in [2.45, 2.75) is 51.7 Å². The van der Waals surface area contributed by atoms with E-state index in [1.54, 1.807) is 0 Å². The van der Waals surface area contributed by atoms with Gasteiger partial charge in [0.2, 0.25) is 5.95 Å². The van der Waals surface area contributed by atoms with Crippen LogP contribution in [0.5, 0.6) is 0 Å². The van der Waals surface area contributed by atoms with Crippen molar-refractivity contribution in [1.29, 1.82) is 0 Å². The smallest absolute Gasteiger partial charge is 0.203 e. The number of rotatable bonds is 7. The Labute approximate surface area is 115 Å². The second-order valence-corrected chi connectivity index (χ2v) is 5.20. The van der Waals surface area contributed by atoms with Gasteiger partial charge in [-0.3, -0.25) is 0 Å². The summed E-state index contributed by atoms with van der Waals surface area (Å²) in [6.45, 7) is 8.11. The Kier molecular flexibility index (Phi) is 5.45. The fourth-order valence-electron chi connectivity index (χ4n) is 2.59. The fourth-order valence-corrected chi connectivity index (χ4v) is 2.59. The van der Waals surface area contributed by atoms with E-state index in [4.69, 9.17) is 4.74 Å². The maximum atomic E-state index is 5.89. The molecule has 2 rings (SSSR count). The summed E-state index contributed by atoms with van der Waals surface area (Å²) in [5.41, 5.74) is 1.03. The minimum Gasteiger partial charge on any atom is -0.376 e. The van der Waals surface area contributed by atoms with Crippen LogP contribution in [-0.2, 0) is 11.3 Å². The SMILES string of the molecule is C=CCn1cc(C)nc1NCCOC1CCCCC1. The van der Waals surface area contributed by atoms with Crippen molar-refractivity contribution in [1.82, 2.24) is 9.55 Å². The van der Waals surface area contributed by atoms with Gasteiger partial charge < -0.3 is 14.6 Å². The van der Waals surface area contributed by atoms with Crippen LogP contribution in [-0.4, -0.2) is 28.8 Å². The van der Waals surface area contributed by atoms with E-state index in [0.717, 1.165) is 31.3 Å². The summed E-state index contributed by atoms with van der Waals surface area (Å²) < 4.78 is 7.96. The summed E-state index contributed by atoms with van der Waals surface area (Å²) in [6.07, 6.45) is 10.9. The third kappa shape index (κ3) is 4.39. The van der Waals surface area contributed by atoms with Crippen LogP contribution in [0.1, 0.15) is 37.8 Å². The van der Waals surface area contributed by atoms with E-state index in [1.807, 2.05) is 19.2 Å². The Bertz CT molecular complexity index is 394. The molecule has 106 valence electrons. The lowest BCUT2D eigenvalue weighted by atomic mass is 9.98. The monoisotopic (exact) mass is 263 g/mol. The zero-order chi connectivity index (χ0) is 13.5. The van der Waals surface area contributed by atoms with Gasteiger partial charge in [0.05, 0.1) is 18.4 Å². The normalized spacial score (nSPS) is 16.5. The Morgan fingerprint density at radius 3 is 3.00 bits per heavy atom. The standard InChI is InChI=1S/C15H25N3O/c1-3-10-18-12-13(2)17-15(18)16-9-11-19-14-7-5-4-6-8-14/h3,12,14H,1,4-11H2,2H3,(H,16,17). The average molecular weight is 263 g/mol. The van der Waals surface area contributed by atoms with E-state index < -0.39 is 0 Å². The molecule has 0 spiro atoms. The molecule has 1 fully saturated rings. The summed E-state index contributed by atoms with van der Waals surface area (Å²) >= 11 is 0. The predicted octanol–water partition coefficient (Wildman–Crippen LogP) is 3.14. The average Bonchev–Trinajstić information content (AvgIpc) is 2.77. The second-order valence-electron chi connectivity index (χ2n) is 5.20. The number of hydrogen-bond donors (Lipinski definition) is 1. The number of aromatic nitrogens is 2. The van der Waals surface area contributed by atoms with E-state index in [2.05, 4.69) is 21.4 Å². The summed E-state index contributed by atoms with van der Waals surface area (Å²) in [7, 11) is 0. The Hall–Kier alpha value is -1.29. The van der Waals surface area contributed by atoms with Crippen molar-refractivity contribution in [2.75, 3.05) is 18.5 Å². The molecular formula is C15H25N3O. The minimum absolute atomic E-state index is 0.477. The Morgan fingerprint density at radius 1 is 1.47 bits per heavy atom. The molecule has 0 aromatic carbocycles. The van der Waals surface area contributed by atoms with E-state index in [0.29, 0.717) is 6.10 Å². The third-order valence-corrected chi connectivity index (χ3v) is 3.51. The number of ether oxygens (including phenoxy) is 1. The van der Waals surface area contributed by atoms with E-state index in [1.165, 1.54) is 32.1 Å². The first-order chi connectivity index (χ1) is 9.29. The zero-order valence-corrected chi connectivity index (χ0v) is 11.9. The zero-order valence-electron chi connectivity index (χ0n) is 11.9. The lowest BCUT2D eigenvalue weighted by Gasteiger charge is -2.22. The molecule has 0 amide bonds. The van der Waals surface area contributed by atoms with Crippen molar-refractivity contribution >= 4 is 5.95 Å². The Balaban J connectivity index is 1.71. The number of anilines is 1. The van der Waals surface area contributed by atoms with Crippen molar-refractivity contribution in [2.24, 2.45) is 0 Å². The van der Waals surface area contributed by atoms with Gasteiger partial charge in [0.15, 0.2) is 0 Å². The second kappa shape index (κ2) is 7.34. The molecule has 0 saturated heterocycles. The molecule has 1 aromatic rings. The highest BCUT2D eigenvalue weighted by Gasteiger charge is 2.13. The van der Waals surface area contributed by atoms with E-state index in [9.17, 15) is 0 Å². The molecule has 1 heterocycles. The molecule has 1 aliphatic rings. The van der Waals surface area contributed by atoms with Gasteiger partial charge in [-0.25, -0.2) is 4.98 Å². The van der Waals surface area contributed by atoms with Crippen LogP contribution in [0.2, 0.25) is 0 Å². The van der Waals surface area contributed by atoms with Gasteiger partial charge in [0, 0.05) is 19.3 Å². The first-order valence-electron chi connectivity index (χ1n) is 7.29. The summed E-state index contributed by atoms with van der Waals surface area (Å²) in [6, 6.07) is 0. The molecule has 19 heavy (non-hydrogen) atoms. The van der Waals surface area contributed by atoms with E-state index >= 15 is 0 Å². The van der Waals surface area contributed by atoms with Crippen LogP contribution in [0, 0.1) is 6.92 Å². The number of aryl methyl sites for hydroxylation is 1. The van der Waals surface area contributed by atoms with Crippen LogP contribution >= 0.6 is 0 Å². The van der Waals surface area contributed by atoms with Gasteiger partial charge in [0.25, 0.3) is 0 Å². The minimum atomic E-state index is 0.477. The van der Waals surface area contributed by atoms with Crippen molar-refractivity contribution in [3.05, 3.63) is 24.5 Å². The first kappa shape index (κ1) is 14.1. The molecular weight excluding hydrogens is 238 g/mol. The van der Waals surface area contributed by atoms with Gasteiger partial charge >= 0.3 is 0 Å². The summed E-state index contributed by atoms with van der Waals surface area (Å²) in [5.74, 6) is 0.907. The maximum absolute atomic E-state index is 5.89. The van der Waals surface area contributed by atoms with E-state index in [-0.39, 0.29) is 0 Å². The molecule has 1 aliphatic carbocycles. The first-order valence-corrected chi connectivity index (χ1v) is 7.29. The third-order valence-electron chi connectivity index (χ3n) is 3.51. The number of hydrogen-bond acceptors (Lipinski definition) is 3. The van der Waals surface area contributed by atoms with Gasteiger partial charge in [-0.05, 0) is 19.8 Å². The van der Waals surface area contributed by atoms with Crippen LogP contribution < -0.4 is 5.32 Å². The van der Waals surface area contributed by atoms with Gasteiger partial charge in [-0.1, -0.05) is 25.3 Å². The number of nitrogens with one attached hydrogen (secondary N) is 1. The molecule has 1 N–H and O–H groups in total. The van der Waals surface area contributed by atoms with Crippen LogP contribution in [0.4, 0.5) is 5.95 Å². The molecule has 0 aliphatic heterocycles. The molecule has 0 radical (unpaired) electrons. The highest BCUT2D eigenvalue weighted by Crippen LogP contribution is 2.20. The largest absolute Gasteiger partial charge is 0.376 e. The topological polar surface area (TPSA) is 39.1 Å². The molecule has 4 nitrogen and oxygen atoms in total.